The van der Waals surface area contributed by atoms with Crippen molar-refractivity contribution in [3.63, 3.8) is 0 Å². The lowest BCUT2D eigenvalue weighted by molar-refractivity contribution is 0.0603. The fourth-order valence-electron chi connectivity index (χ4n) is 1.28. The van der Waals surface area contributed by atoms with Gasteiger partial charge in [0.2, 0.25) is 0 Å². The molecule has 0 saturated heterocycles. The highest BCUT2D eigenvalue weighted by atomic mass is 35.5. The van der Waals surface area contributed by atoms with Crippen LogP contribution in [0.1, 0.15) is 15.9 Å². The zero-order chi connectivity index (χ0) is 11.0. The van der Waals surface area contributed by atoms with E-state index in [9.17, 15) is 4.79 Å². The van der Waals surface area contributed by atoms with E-state index in [1.165, 1.54) is 11.6 Å². The smallest absolute Gasteiger partial charge is 0.344 e. The van der Waals surface area contributed by atoms with Gasteiger partial charge in [0.25, 0.3) is 0 Å². The molecule has 0 aliphatic heterocycles. The molecule has 0 aromatic carbocycles. The van der Waals surface area contributed by atoms with E-state index in [-0.39, 0.29) is 10.7 Å². The van der Waals surface area contributed by atoms with Crippen LogP contribution in [0.2, 0.25) is 5.15 Å². The Bertz CT molecular complexity index is 535. The zero-order valence-electron chi connectivity index (χ0n) is 8.19. The molecule has 2 aromatic heterocycles. The molecule has 5 nitrogen and oxygen atoms in total. The maximum Gasteiger partial charge on any atom is 0.344 e. The summed E-state index contributed by atoms with van der Waals surface area (Å²) in [6, 6.07) is 0. The largest absolute Gasteiger partial charge is 0.465 e. The Hall–Kier alpha value is -1.62. The summed E-state index contributed by atoms with van der Waals surface area (Å²) in [4.78, 5) is 15.5. The van der Waals surface area contributed by atoms with Gasteiger partial charge < -0.3 is 4.74 Å². The minimum absolute atomic E-state index is 0.0972. The number of rotatable bonds is 1. The second-order valence-corrected chi connectivity index (χ2v) is 3.41. The molecular weight excluding hydrogens is 218 g/mol. The van der Waals surface area contributed by atoms with Crippen LogP contribution >= 0.6 is 11.6 Å². The van der Waals surface area contributed by atoms with Gasteiger partial charge in [-0.3, -0.25) is 0 Å². The first-order valence-electron chi connectivity index (χ1n) is 4.22. The summed E-state index contributed by atoms with van der Waals surface area (Å²) < 4.78 is 6.06. The van der Waals surface area contributed by atoms with Crippen molar-refractivity contribution < 1.29 is 9.53 Å². The van der Waals surface area contributed by atoms with Crippen LogP contribution in [0.5, 0.6) is 0 Å². The molecule has 6 heteroatoms. The van der Waals surface area contributed by atoms with E-state index >= 15 is 0 Å². The number of hydrogen-bond donors (Lipinski definition) is 0. The number of carbonyl (C=O) groups is 1. The van der Waals surface area contributed by atoms with Gasteiger partial charge in [-0.05, 0) is 12.5 Å². The summed E-state index contributed by atoms with van der Waals surface area (Å²) in [5.41, 5.74) is 1.52. The van der Waals surface area contributed by atoms with Crippen molar-refractivity contribution in [3.8, 4) is 0 Å². The molecule has 0 unspecified atom stereocenters. The summed E-state index contributed by atoms with van der Waals surface area (Å²) in [7, 11) is 1.29. The van der Waals surface area contributed by atoms with Gasteiger partial charge in [-0.25, -0.2) is 14.3 Å². The van der Waals surface area contributed by atoms with Crippen LogP contribution in [0.4, 0.5) is 0 Å². The van der Waals surface area contributed by atoms with Gasteiger partial charge in [0, 0.05) is 12.4 Å². The van der Waals surface area contributed by atoms with E-state index < -0.39 is 5.97 Å². The lowest BCUT2D eigenvalue weighted by Gasteiger charge is -1.97. The van der Waals surface area contributed by atoms with Crippen LogP contribution in [0.25, 0.3) is 5.65 Å². The van der Waals surface area contributed by atoms with Crippen molar-refractivity contribution in [1.29, 1.82) is 0 Å². The molecule has 15 heavy (non-hydrogen) atoms. The quantitative estimate of drug-likeness (QED) is 0.690. The number of ether oxygens (including phenoxy) is 1. The second kappa shape index (κ2) is 3.51. The van der Waals surface area contributed by atoms with Gasteiger partial charge in [-0.1, -0.05) is 11.6 Å². The van der Waals surface area contributed by atoms with Crippen molar-refractivity contribution in [3.05, 3.63) is 28.7 Å². The summed E-state index contributed by atoms with van der Waals surface area (Å²) in [6.45, 7) is 1.87. The number of hydrogen-bond acceptors (Lipinski definition) is 4. The molecule has 2 rings (SSSR count). The van der Waals surface area contributed by atoms with Crippen LogP contribution in [0, 0.1) is 6.92 Å². The SMILES string of the molecule is COC(=O)c1c(Cl)nn2cc(C)cnc12. The Morgan fingerprint density at radius 1 is 1.60 bits per heavy atom. The number of aromatic nitrogens is 3. The van der Waals surface area contributed by atoms with E-state index in [0.717, 1.165) is 5.56 Å². The normalized spacial score (nSPS) is 10.6. The summed E-state index contributed by atoms with van der Waals surface area (Å²) in [5, 5.41) is 4.06. The third-order valence-corrected chi connectivity index (χ3v) is 2.21. The number of esters is 1. The molecule has 2 aromatic rings. The van der Waals surface area contributed by atoms with Crippen LogP contribution in [0.15, 0.2) is 12.4 Å². The molecule has 0 radical (unpaired) electrons. The number of carbonyl (C=O) groups excluding carboxylic acids is 1. The predicted octanol–water partition coefficient (Wildman–Crippen LogP) is 1.48. The van der Waals surface area contributed by atoms with E-state index in [4.69, 9.17) is 11.6 Å². The third kappa shape index (κ3) is 1.55. The zero-order valence-corrected chi connectivity index (χ0v) is 8.95. The van der Waals surface area contributed by atoms with E-state index in [1.54, 1.807) is 12.4 Å². The minimum atomic E-state index is -0.536. The Morgan fingerprint density at radius 3 is 3.00 bits per heavy atom. The summed E-state index contributed by atoms with van der Waals surface area (Å²) in [6.07, 6.45) is 3.38. The van der Waals surface area contributed by atoms with Crippen molar-refractivity contribution in [2.24, 2.45) is 0 Å². The minimum Gasteiger partial charge on any atom is -0.465 e. The molecule has 0 saturated carbocycles. The van der Waals surface area contributed by atoms with Crippen LogP contribution < -0.4 is 0 Å². The first-order valence-corrected chi connectivity index (χ1v) is 4.60. The average molecular weight is 226 g/mol. The molecule has 0 spiro atoms. The van der Waals surface area contributed by atoms with E-state index in [0.29, 0.717) is 5.65 Å². The highest BCUT2D eigenvalue weighted by molar-refractivity contribution is 6.33. The van der Waals surface area contributed by atoms with Crippen molar-refractivity contribution in [2.75, 3.05) is 7.11 Å². The molecule has 78 valence electrons. The van der Waals surface area contributed by atoms with Crippen LogP contribution in [-0.4, -0.2) is 27.7 Å². The molecule has 0 aliphatic carbocycles. The fourth-order valence-corrected chi connectivity index (χ4v) is 1.52. The number of methoxy groups -OCH3 is 1. The Balaban J connectivity index is 2.73. The number of halogens is 1. The maximum absolute atomic E-state index is 11.4. The molecule has 0 fully saturated rings. The molecular formula is C9H8ClN3O2. The van der Waals surface area contributed by atoms with Crippen molar-refractivity contribution >= 4 is 23.2 Å². The predicted molar refractivity (Wildman–Crippen MR) is 54.1 cm³/mol. The first-order chi connectivity index (χ1) is 7.13. The van der Waals surface area contributed by atoms with Gasteiger partial charge in [-0.2, -0.15) is 5.10 Å². The summed E-state index contributed by atoms with van der Waals surface area (Å²) >= 11 is 5.82. The standard InChI is InChI=1S/C9H8ClN3O2/c1-5-3-11-8-6(9(14)15-2)7(10)12-13(8)4-5/h3-4H,1-2H3. The average Bonchev–Trinajstić information content (AvgIpc) is 2.52. The monoisotopic (exact) mass is 225 g/mol. The van der Waals surface area contributed by atoms with Gasteiger partial charge in [0.1, 0.15) is 5.56 Å². The van der Waals surface area contributed by atoms with E-state index in [1.807, 2.05) is 6.92 Å². The molecule has 0 bridgehead atoms. The second-order valence-electron chi connectivity index (χ2n) is 3.06. The lowest BCUT2D eigenvalue weighted by atomic mass is 10.3. The van der Waals surface area contributed by atoms with E-state index in [2.05, 4.69) is 14.8 Å². The number of aryl methyl sites for hydroxylation is 1. The third-order valence-electron chi connectivity index (χ3n) is 1.95. The number of nitrogens with zero attached hydrogens (tertiary/aromatic N) is 3. The Labute approximate surface area is 90.6 Å². The molecule has 0 N–H and O–H groups in total. The van der Waals surface area contributed by atoms with Gasteiger partial charge in [0.05, 0.1) is 7.11 Å². The highest BCUT2D eigenvalue weighted by Gasteiger charge is 2.20. The lowest BCUT2D eigenvalue weighted by Crippen LogP contribution is -2.02. The van der Waals surface area contributed by atoms with Crippen molar-refractivity contribution in [1.82, 2.24) is 14.6 Å². The molecule has 0 atom stereocenters. The van der Waals surface area contributed by atoms with Crippen molar-refractivity contribution in [2.45, 2.75) is 6.92 Å². The van der Waals surface area contributed by atoms with Crippen LogP contribution in [0.3, 0.4) is 0 Å². The number of fused-ring (bicyclic) bond motifs is 1. The fraction of sp³-hybridized carbons (Fsp3) is 0.222. The summed E-state index contributed by atoms with van der Waals surface area (Å²) in [5.74, 6) is -0.536. The molecule has 0 amide bonds. The van der Waals surface area contributed by atoms with Crippen LogP contribution in [-0.2, 0) is 4.74 Å². The Morgan fingerprint density at radius 2 is 2.33 bits per heavy atom. The Kier molecular flexibility index (Phi) is 2.32. The molecule has 2 heterocycles. The first kappa shape index (κ1) is 9.92. The maximum atomic E-state index is 11.4. The topological polar surface area (TPSA) is 56.5 Å². The van der Waals surface area contributed by atoms with Gasteiger partial charge >= 0.3 is 5.97 Å². The molecule has 0 aliphatic rings. The van der Waals surface area contributed by atoms with Gasteiger partial charge in [0.15, 0.2) is 10.8 Å². The highest BCUT2D eigenvalue weighted by Crippen LogP contribution is 2.19. The van der Waals surface area contributed by atoms with Gasteiger partial charge in [-0.15, -0.1) is 0 Å².